The maximum absolute atomic E-state index is 10.3. The van der Waals surface area contributed by atoms with Crippen LogP contribution in [0.5, 0.6) is 0 Å². The average Bonchev–Trinajstić information content (AvgIpc) is 2.54. The molecule has 1 aliphatic rings. The highest BCUT2D eigenvalue weighted by atomic mass is 16.6. The topological polar surface area (TPSA) is 96.7 Å². The number of aliphatic hydroxyl groups is 1. The summed E-state index contributed by atoms with van der Waals surface area (Å²) < 4.78 is 17.0. The van der Waals surface area contributed by atoms with E-state index in [0.29, 0.717) is 6.61 Å². The molecule has 1 aliphatic heterocycles. The number of hydrogen-bond donors (Lipinski definition) is 1. The lowest BCUT2D eigenvalue weighted by atomic mass is 9.95. The van der Waals surface area contributed by atoms with Gasteiger partial charge in [0.1, 0.15) is 18.3 Å². The van der Waals surface area contributed by atoms with Gasteiger partial charge in [0.25, 0.3) is 0 Å². The second kappa shape index (κ2) is 8.12. The smallest absolute Gasteiger partial charge is 0.114 e. The Bertz CT molecular complexity index is 507. The number of hydrogen-bond acceptors (Lipinski definition) is 5. The minimum Gasteiger partial charge on any atom is -0.388 e. The summed E-state index contributed by atoms with van der Waals surface area (Å²) in [6, 6.07) is 9.77. The quantitative estimate of drug-likeness (QED) is 0.494. The first-order valence-electron chi connectivity index (χ1n) is 7.20. The molecule has 0 aliphatic carbocycles. The molecular weight excluding hydrogens is 286 g/mol. The predicted octanol–water partition coefficient (Wildman–Crippen LogP) is 2.05. The maximum atomic E-state index is 10.3. The van der Waals surface area contributed by atoms with Gasteiger partial charge in [-0.3, -0.25) is 0 Å². The zero-order chi connectivity index (χ0) is 15.9. The zero-order valence-corrected chi connectivity index (χ0v) is 12.7. The van der Waals surface area contributed by atoms with Gasteiger partial charge in [-0.05, 0) is 18.0 Å². The van der Waals surface area contributed by atoms with E-state index in [1.807, 2.05) is 37.3 Å². The fourth-order valence-electron chi connectivity index (χ4n) is 2.65. The van der Waals surface area contributed by atoms with E-state index in [1.54, 1.807) is 0 Å². The van der Waals surface area contributed by atoms with E-state index in [0.717, 1.165) is 5.56 Å². The molecule has 2 rings (SSSR count). The average molecular weight is 307 g/mol. The van der Waals surface area contributed by atoms with Crippen molar-refractivity contribution < 1.29 is 19.3 Å². The fourth-order valence-corrected chi connectivity index (χ4v) is 2.65. The minimum absolute atomic E-state index is 0.0628. The highest BCUT2D eigenvalue weighted by Crippen LogP contribution is 2.26. The van der Waals surface area contributed by atoms with Crippen LogP contribution in [0.3, 0.4) is 0 Å². The molecule has 0 aromatic heterocycles. The molecule has 7 nitrogen and oxygen atoms in total. The molecule has 0 bridgehead atoms. The van der Waals surface area contributed by atoms with Gasteiger partial charge >= 0.3 is 0 Å². The van der Waals surface area contributed by atoms with Crippen LogP contribution in [-0.2, 0) is 20.8 Å². The van der Waals surface area contributed by atoms with Crippen molar-refractivity contribution in [3.8, 4) is 0 Å². The second-order valence-corrected chi connectivity index (χ2v) is 5.25. The van der Waals surface area contributed by atoms with Crippen molar-refractivity contribution >= 4 is 0 Å². The van der Waals surface area contributed by atoms with Gasteiger partial charge in [0, 0.05) is 12.0 Å². The molecule has 0 radical (unpaired) electrons. The van der Waals surface area contributed by atoms with Crippen LogP contribution in [0.4, 0.5) is 0 Å². The first-order valence-corrected chi connectivity index (χ1v) is 7.20. The van der Waals surface area contributed by atoms with E-state index in [-0.39, 0.29) is 12.6 Å². The molecule has 0 unspecified atom stereocenters. The van der Waals surface area contributed by atoms with Crippen molar-refractivity contribution in [3.63, 3.8) is 0 Å². The monoisotopic (exact) mass is 307 g/mol. The van der Waals surface area contributed by atoms with Crippen LogP contribution in [0.1, 0.15) is 12.5 Å². The SMILES string of the molecule is CO[C@H]1[C@H](O)[C@@H](CN=[N+]=[N-])O[C@@H](C)[C@@H]1OCc1ccccc1. The Morgan fingerprint density at radius 2 is 2.05 bits per heavy atom. The van der Waals surface area contributed by atoms with E-state index in [2.05, 4.69) is 10.0 Å². The lowest BCUT2D eigenvalue weighted by Crippen LogP contribution is -2.59. The normalized spacial score (nSPS) is 31.5. The van der Waals surface area contributed by atoms with Crippen molar-refractivity contribution in [1.82, 2.24) is 0 Å². The van der Waals surface area contributed by atoms with Gasteiger partial charge in [-0.1, -0.05) is 35.4 Å². The lowest BCUT2D eigenvalue weighted by molar-refractivity contribution is -0.237. The van der Waals surface area contributed by atoms with E-state index < -0.39 is 24.4 Å². The van der Waals surface area contributed by atoms with Crippen LogP contribution in [0.2, 0.25) is 0 Å². The third-order valence-corrected chi connectivity index (χ3v) is 3.78. The summed E-state index contributed by atoms with van der Waals surface area (Å²) in [4.78, 5) is 2.70. The van der Waals surface area contributed by atoms with Crippen LogP contribution in [0, 0.1) is 0 Å². The Kier molecular flexibility index (Phi) is 6.18. The molecule has 5 atom stereocenters. The van der Waals surface area contributed by atoms with Crippen LogP contribution in [-0.4, -0.2) is 49.3 Å². The van der Waals surface area contributed by atoms with Crippen molar-refractivity contribution in [2.45, 2.75) is 44.1 Å². The third kappa shape index (κ3) is 3.97. The number of benzene rings is 1. The van der Waals surface area contributed by atoms with Crippen LogP contribution >= 0.6 is 0 Å². The minimum atomic E-state index is -0.910. The van der Waals surface area contributed by atoms with E-state index in [1.165, 1.54) is 7.11 Å². The molecule has 1 N–H and O–H groups in total. The first kappa shape index (κ1) is 16.7. The van der Waals surface area contributed by atoms with Crippen molar-refractivity contribution in [3.05, 3.63) is 46.3 Å². The predicted molar refractivity (Wildman–Crippen MR) is 80.2 cm³/mol. The number of ether oxygens (including phenoxy) is 3. The Morgan fingerprint density at radius 3 is 2.68 bits per heavy atom. The van der Waals surface area contributed by atoms with Crippen LogP contribution in [0.15, 0.2) is 35.4 Å². The Morgan fingerprint density at radius 1 is 1.32 bits per heavy atom. The van der Waals surface area contributed by atoms with Crippen molar-refractivity contribution in [2.75, 3.05) is 13.7 Å². The molecule has 1 aromatic carbocycles. The fraction of sp³-hybridized carbons (Fsp3) is 0.600. The summed E-state index contributed by atoms with van der Waals surface area (Å²) in [5.41, 5.74) is 9.44. The summed E-state index contributed by atoms with van der Waals surface area (Å²) in [6.07, 6.45) is -2.72. The number of rotatable bonds is 6. The summed E-state index contributed by atoms with van der Waals surface area (Å²) in [5, 5.41) is 13.8. The molecule has 0 saturated carbocycles. The zero-order valence-electron chi connectivity index (χ0n) is 12.7. The maximum Gasteiger partial charge on any atom is 0.114 e. The first-order chi connectivity index (χ1) is 10.7. The summed E-state index contributed by atoms with van der Waals surface area (Å²) in [7, 11) is 1.52. The Hall–Kier alpha value is -1.63. The number of aliphatic hydroxyl groups excluding tert-OH is 1. The molecule has 1 aromatic rings. The molecule has 1 saturated heterocycles. The standard InChI is InChI=1S/C15H21N3O4/c1-10-14(21-9-11-6-4-3-5-7-11)15(20-2)13(19)12(22-10)8-17-18-16/h3-7,10,12-15,19H,8-9H2,1-2H3/t10-,12+,13+,14-,15-/m0/s1. The van der Waals surface area contributed by atoms with Gasteiger partial charge in [-0.25, -0.2) is 0 Å². The highest BCUT2D eigenvalue weighted by Gasteiger charge is 2.44. The highest BCUT2D eigenvalue weighted by molar-refractivity contribution is 5.13. The Balaban J connectivity index is 2.02. The lowest BCUT2D eigenvalue weighted by Gasteiger charge is -2.42. The molecule has 0 amide bonds. The van der Waals surface area contributed by atoms with E-state index in [9.17, 15) is 5.11 Å². The number of nitrogens with zero attached hydrogens (tertiary/aromatic N) is 3. The molecule has 22 heavy (non-hydrogen) atoms. The van der Waals surface area contributed by atoms with Crippen LogP contribution in [0.25, 0.3) is 10.4 Å². The molecule has 0 spiro atoms. The third-order valence-electron chi connectivity index (χ3n) is 3.78. The molecule has 7 heteroatoms. The van der Waals surface area contributed by atoms with Gasteiger partial charge in [0.15, 0.2) is 0 Å². The van der Waals surface area contributed by atoms with Gasteiger partial charge < -0.3 is 19.3 Å². The number of methoxy groups -OCH3 is 1. The molecule has 120 valence electrons. The van der Waals surface area contributed by atoms with Crippen LogP contribution < -0.4 is 0 Å². The van der Waals surface area contributed by atoms with E-state index in [4.69, 9.17) is 19.7 Å². The Labute approximate surface area is 129 Å². The summed E-state index contributed by atoms with van der Waals surface area (Å²) in [5.74, 6) is 0. The summed E-state index contributed by atoms with van der Waals surface area (Å²) in [6.45, 7) is 2.33. The molecule has 1 heterocycles. The largest absolute Gasteiger partial charge is 0.388 e. The molecular formula is C15H21N3O4. The van der Waals surface area contributed by atoms with Gasteiger partial charge in [0.05, 0.1) is 25.4 Å². The molecule has 1 fully saturated rings. The second-order valence-electron chi connectivity index (χ2n) is 5.25. The van der Waals surface area contributed by atoms with Gasteiger partial charge in [-0.2, -0.15) is 0 Å². The van der Waals surface area contributed by atoms with Crippen molar-refractivity contribution in [2.24, 2.45) is 5.11 Å². The van der Waals surface area contributed by atoms with Gasteiger partial charge in [-0.15, -0.1) is 0 Å². The summed E-state index contributed by atoms with van der Waals surface area (Å²) >= 11 is 0. The number of azide groups is 1. The van der Waals surface area contributed by atoms with Gasteiger partial charge in [0.2, 0.25) is 0 Å². The van der Waals surface area contributed by atoms with Crippen molar-refractivity contribution in [1.29, 1.82) is 0 Å². The van der Waals surface area contributed by atoms with E-state index >= 15 is 0 Å².